The molecule has 0 aliphatic carbocycles. The first-order valence-electron chi connectivity index (χ1n) is 11.1. The maximum absolute atomic E-state index is 13.2. The quantitative estimate of drug-likeness (QED) is 0.307. The van der Waals surface area contributed by atoms with E-state index in [1.54, 1.807) is 72.8 Å². The van der Waals surface area contributed by atoms with Crippen molar-refractivity contribution in [2.75, 3.05) is 12.4 Å². The molecule has 10 heteroatoms. The molecular weight excluding hydrogens is 533 g/mol. The number of likely N-dealkylation sites (tertiary alicyclic amines) is 1. The molecular formula is C27H21Cl2N3O4S. The molecule has 1 saturated heterocycles. The molecule has 4 rings (SSSR count). The van der Waals surface area contributed by atoms with E-state index in [4.69, 9.17) is 23.2 Å². The number of hydrogen-bond acceptors (Lipinski definition) is 5. The highest BCUT2D eigenvalue weighted by Gasteiger charge is 2.36. The lowest BCUT2D eigenvalue weighted by molar-refractivity contribution is -0.136. The zero-order valence-electron chi connectivity index (χ0n) is 19.5. The van der Waals surface area contributed by atoms with Crippen molar-refractivity contribution >= 4 is 70.4 Å². The lowest BCUT2D eigenvalue weighted by atomic mass is 10.1. The molecule has 1 unspecified atom stereocenters. The lowest BCUT2D eigenvalue weighted by Crippen LogP contribution is -2.30. The Kier molecular flexibility index (Phi) is 8.33. The number of carbonyl (C=O) groups excluding carboxylic acids is 4. The molecule has 0 aromatic heterocycles. The Bertz CT molecular complexity index is 1370. The molecule has 0 radical (unpaired) electrons. The summed E-state index contributed by atoms with van der Waals surface area (Å²) in [6.45, 7) is 0. The SMILES string of the molecule is CN1C(=O)CC(Sc2ccc(NC(=O)/C(=C/c3c(Cl)cccc3Cl)NC(=O)c3ccccc3)cc2)C1=O. The van der Waals surface area contributed by atoms with Crippen LogP contribution in [0.4, 0.5) is 5.69 Å². The first kappa shape index (κ1) is 26.5. The van der Waals surface area contributed by atoms with Crippen LogP contribution in [0, 0.1) is 0 Å². The normalized spacial score (nSPS) is 15.6. The molecule has 7 nitrogen and oxygen atoms in total. The number of hydrogen-bond donors (Lipinski definition) is 2. The summed E-state index contributed by atoms with van der Waals surface area (Å²) >= 11 is 13.9. The number of halogens is 2. The Morgan fingerprint density at radius 1 is 0.946 bits per heavy atom. The average molecular weight is 554 g/mol. The highest BCUT2D eigenvalue weighted by Crippen LogP contribution is 2.32. The molecule has 0 saturated carbocycles. The van der Waals surface area contributed by atoms with Gasteiger partial charge >= 0.3 is 0 Å². The molecule has 1 heterocycles. The van der Waals surface area contributed by atoms with Crippen molar-refractivity contribution in [1.82, 2.24) is 10.2 Å². The summed E-state index contributed by atoms with van der Waals surface area (Å²) in [6.07, 6.45) is 1.57. The molecule has 3 aromatic carbocycles. The van der Waals surface area contributed by atoms with Crippen LogP contribution in [-0.4, -0.2) is 40.8 Å². The van der Waals surface area contributed by atoms with Crippen LogP contribution in [0.1, 0.15) is 22.3 Å². The minimum atomic E-state index is -0.584. The van der Waals surface area contributed by atoms with Gasteiger partial charge in [-0.15, -0.1) is 11.8 Å². The van der Waals surface area contributed by atoms with E-state index in [1.807, 2.05) is 0 Å². The Morgan fingerprint density at radius 3 is 2.19 bits per heavy atom. The molecule has 4 amide bonds. The van der Waals surface area contributed by atoms with Crippen LogP contribution in [0.5, 0.6) is 0 Å². The smallest absolute Gasteiger partial charge is 0.272 e. The van der Waals surface area contributed by atoms with Gasteiger partial charge in [-0.1, -0.05) is 47.5 Å². The predicted octanol–water partition coefficient (Wildman–Crippen LogP) is 5.25. The van der Waals surface area contributed by atoms with E-state index in [0.717, 1.165) is 9.80 Å². The predicted molar refractivity (Wildman–Crippen MR) is 145 cm³/mol. The second-order valence-electron chi connectivity index (χ2n) is 8.09. The Labute approximate surface area is 227 Å². The fraction of sp³-hybridized carbons (Fsp3) is 0.111. The monoisotopic (exact) mass is 553 g/mol. The maximum atomic E-state index is 13.2. The number of thioether (sulfide) groups is 1. The van der Waals surface area contributed by atoms with Crippen LogP contribution in [0.15, 0.2) is 83.4 Å². The molecule has 3 aromatic rings. The van der Waals surface area contributed by atoms with Gasteiger partial charge in [-0.3, -0.25) is 24.1 Å². The van der Waals surface area contributed by atoms with Crippen molar-refractivity contribution in [2.24, 2.45) is 0 Å². The Hall–Kier alpha value is -3.59. The van der Waals surface area contributed by atoms with Crippen LogP contribution in [-0.2, 0) is 14.4 Å². The molecule has 1 aliphatic heterocycles. The topological polar surface area (TPSA) is 95.6 Å². The molecule has 2 N–H and O–H groups in total. The summed E-state index contributed by atoms with van der Waals surface area (Å²) in [5.74, 6) is -1.49. The van der Waals surface area contributed by atoms with E-state index in [9.17, 15) is 19.2 Å². The number of imide groups is 1. The summed E-state index contributed by atoms with van der Waals surface area (Å²) in [4.78, 5) is 51.8. The van der Waals surface area contributed by atoms with Crippen molar-refractivity contribution < 1.29 is 19.2 Å². The molecule has 1 aliphatic rings. The summed E-state index contributed by atoms with van der Waals surface area (Å²) < 4.78 is 0. The maximum Gasteiger partial charge on any atom is 0.272 e. The molecule has 37 heavy (non-hydrogen) atoms. The van der Waals surface area contributed by atoms with Crippen molar-refractivity contribution in [3.05, 3.63) is 99.7 Å². The van der Waals surface area contributed by atoms with Crippen LogP contribution >= 0.6 is 35.0 Å². The number of anilines is 1. The van der Waals surface area contributed by atoms with Gasteiger partial charge < -0.3 is 10.6 Å². The second kappa shape index (κ2) is 11.6. The van der Waals surface area contributed by atoms with Gasteiger partial charge in [0.15, 0.2) is 0 Å². The van der Waals surface area contributed by atoms with Gasteiger partial charge in [-0.2, -0.15) is 0 Å². The molecule has 188 valence electrons. The minimum Gasteiger partial charge on any atom is -0.321 e. The number of carbonyl (C=O) groups is 4. The third-order valence-electron chi connectivity index (χ3n) is 5.55. The van der Waals surface area contributed by atoms with Gasteiger partial charge in [0.05, 0.1) is 5.25 Å². The van der Waals surface area contributed by atoms with E-state index < -0.39 is 17.1 Å². The first-order valence-corrected chi connectivity index (χ1v) is 12.8. The van der Waals surface area contributed by atoms with E-state index in [1.165, 1.54) is 24.9 Å². The van der Waals surface area contributed by atoms with Gasteiger partial charge in [-0.25, -0.2) is 0 Å². The highest BCUT2D eigenvalue weighted by atomic mass is 35.5. The Balaban J connectivity index is 1.53. The molecule has 1 atom stereocenters. The van der Waals surface area contributed by atoms with E-state index in [-0.39, 0.29) is 23.9 Å². The number of nitrogens with zero attached hydrogens (tertiary/aromatic N) is 1. The van der Waals surface area contributed by atoms with Crippen LogP contribution in [0.2, 0.25) is 10.0 Å². The van der Waals surface area contributed by atoms with Gasteiger partial charge in [-0.05, 0) is 54.6 Å². The van der Waals surface area contributed by atoms with Gasteiger partial charge in [0.1, 0.15) is 5.70 Å². The van der Waals surface area contributed by atoms with Crippen molar-refractivity contribution in [3.63, 3.8) is 0 Å². The average Bonchev–Trinajstić information content (AvgIpc) is 3.13. The number of rotatable bonds is 7. The summed E-state index contributed by atoms with van der Waals surface area (Å²) in [5.41, 5.74) is 1.17. The van der Waals surface area contributed by atoms with E-state index in [2.05, 4.69) is 10.6 Å². The summed E-state index contributed by atoms with van der Waals surface area (Å²) in [6, 6.07) is 20.2. The number of nitrogens with one attached hydrogen (secondary N) is 2. The number of benzene rings is 3. The van der Waals surface area contributed by atoms with Gasteiger partial charge in [0, 0.05) is 45.2 Å². The molecule has 0 bridgehead atoms. The highest BCUT2D eigenvalue weighted by molar-refractivity contribution is 8.00. The molecule has 0 spiro atoms. The fourth-order valence-corrected chi connectivity index (χ4v) is 5.14. The minimum absolute atomic E-state index is 0.0552. The fourth-order valence-electron chi connectivity index (χ4n) is 3.53. The van der Waals surface area contributed by atoms with E-state index in [0.29, 0.717) is 26.9 Å². The van der Waals surface area contributed by atoms with E-state index >= 15 is 0 Å². The standard InChI is InChI=1S/C27H21Cl2N3O4S/c1-32-24(33)15-23(27(32)36)37-18-12-10-17(11-13-18)30-26(35)22(14-19-20(28)8-5-9-21(19)29)31-25(34)16-6-3-2-4-7-16/h2-14,23H,15H2,1H3,(H,30,35)(H,31,34)/b22-14-. The first-order chi connectivity index (χ1) is 17.7. The zero-order valence-corrected chi connectivity index (χ0v) is 21.9. The Morgan fingerprint density at radius 2 is 1.59 bits per heavy atom. The van der Waals surface area contributed by atoms with Gasteiger partial charge in [0.2, 0.25) is 11.8 Å². The van der Waals surface area contributed by atoms with Crippen molar-refractivity contribution in [1.29, 1.82) is 0 Å². The largest absolute Gasteiger partial charge is 0.321 e. The lowest BCUT2D eigenvalue weighted by Gasteiger charge is -2.13. The van der Waals surface area contributed by atoms with Crippen molar-refractivity contribution in [2.45, 2.75) is 16.6 Å². The third-order valence-corrected chi connectivity index (χ3v) is 7.40. The summed E-state index contributed by atoms with van der Waals surface area (Å²) in [5, 5.41) is 5.56. The van der Waals surface area contributed by atoms with Crippen LogP contribution < -0.4 is 10.6 Å². The third kappa shape index (κ3) is 6.40. The second-order valence-corrected chi connectivity index (χ2v) is 10.2. The van der Waals surface area contributed by atoms with Crippen LogP contribution in [0.3, 0.4) is 0 Å². The van der Waals surface area contributed by atoms with Crippen LogP contribution in [0.25, 0.3) is 6.08 Å². The number of amides is 4. The summed E-state index contributed by atoms with van der Waals surface area (Å²) in [7, 11) is 1.47. The van der Waals surface area contributed by atoms with Gasteiger partial charge in [0.25, 0.3) is 11.8 Å². The molecule has 1 fully saturated rings. The van der Waals surface area contributed by atoms with Crippen molar-refractivity contribution in [3.8, 4) is 0 Å². The zero-order chi connectivity index (χ0) is 26.5.